The number of aromatic nitrogens is 3. The zero-order valence-corrected chi connectivity index (χ0v) is 18.5. The van der Waals surface area contributed by atoms with E-state index in [0.29, 0.717) is 22.5 Å². The molecular weight excluding hydrogens is 415 g/mol. The summed E-state index contributed by atoms with van der Waals surface area (Å²) in [7, 11) is 0. The minimum atomic E-state index is -0.0629. The third-order valence-electron chi connectivity index (χ3n) is 4.45. The molecule has 5 nitrogen and oxygen atoms in total. The van der Waals surface area contributed by atoms with Crippen molar-refractivity contribution >= 4 is 40.4 Å². The van der Waals surface area contributed by atoms with Crippen molar-refractivity contribution in [1.29, 1.82) is 0 Å². The normalized spacial score (nSPS) is 11.2. The highest BCUT2D eigenvalue weighted by atomic mass is 35.5. The third-order valence-corrected chi connectivity index (χ3v) is 6.18. The molecule has 3 aromatic rings. The largest absolute Gasteiger partial charge is 0.350 e. The van der Waals surface area contributed by atoms with Crippen molar-refractivity contribution in [3.05, 3.63) is 61.3 Å². The highest BCUT2D eigenvalue weighted by Crippen LogP contribution is 2.27. The molecule has 0 bridgehead atoms. The summed E-state index contributed by atoms with van der Waals surface area (Å²) in [6, 6.07) is 5.27. The Labute approximate surface area is 178 Å². The molecule has 0 aliphatic rings. The number of carbonyl (C=O) groups is 1. The molecule has 0 unspecified atom stereocenters. The van der Waals surface area contributed by atoms with E-state index in [-0.39, 0.29) is 12.3 Å². The first-order valence-electron chi connectivity index (χ1n) is 8.97. The SMILES string of the molecule is Cc1nn(-c2ccc(Cl)cc2Cl)c(C)c1CC(=O)NCc1csc(C(C)C)n1. The van der Waals surface area contributed by atoms with Gasteiger partial charge in [0.05, 0.1) is 40.1 Å². The van der Waals surface area contributed by atoms with Gasteiger partial charge in [-0.3, -0.25) is 4.79 Å². The van der Waals surface area contributed by atoms with Crippen LogP contribution in [0.4, 0.5) is 0 Å². The fraction of sp³-hybridized carbons (Fsp3) is 0.350. The van der Waals surface area contributed by atoms with Gasteiger partial charge in [-0.25, -0.2) is 9.67 Å². The van der Waals surface area contributed by atoms with E-state index in [4.69, 9.17) is 23.2 Å². The zero-order valence-electron chi connectivity index (χ0n) is 16.2. The highest BCUT2D eigenvalue weighted by molar-refractivity contribution is 7.09. The fourth-order valence-electron chi connectivity index (χ4n) is 2.90. The van der Waals surface area contributed by atoms with Gasteiger partial charge in [-0.2, -0.15) is 5.10 Å². The second-order valence-electron chi connectivity index (χ2n) is 6.94. The van der Waals surface area contributed by atoms with E-state index in [2.05, 4.69) is 29.2 Å². The summed E-state index contributed by atoms with van der Waals surface area (Å²) in [6.45, 7) is 8.47. The van der Waals surface area contributed by atoms with Gasteiger partial charge >= 0.3 is 0 Å². The van der Waals surface area contributed by atoms with Gasteiger partial charge in [0, 0.05) is 27.6 Å². The summed E-state index contributed by atoms with van der Waals surface area (Å²) in [6.07, 6.45) is 0.254. The lowest BCUT2D eigenvalue weighted by Crippen LogP contribution is -2.25. The molecule has 3 rings (SSSR count). The summed E-state index contributed by atoms with van der Waals surface area (Å²) < 4.78 is 1.76. The Hall–Kier alpha value is -1.89. The second kappa shape index (κ2) is 8.64. The van der Waals surface area contributed by atoms with Gasteiger partial charge in [0.2, 0.25) is 5.91 Å². The van der Waals surface area contributed by atoms with Crippen LogP contribution in [0.25, 0.3) is 5.69 Å². The van der Waals surface area contributed by atoms with E-state index in [9.17, 15) is 4.79 Å². The monoisotopic (exact) mass is 436 g/mol. The molecular formula is C20H22Cl2N4OS. The van der Waals surface area contributed by atoms with Gasteiger partial charge in [0.25, 0.3) is 0 Å². The van der Waals surface area contributed by atoms with Gasteiger partial charge < -0.3 is 5.32 Å². The number of benzene rings is 1. The summed E-state index contributed by atoms with van der Waals surface area (Å²) in [5, 5.41) is 11.7. The van der Waals surface area contributed by atoms with Crippen molar-refractivity contribution in [3.8, 4) is 5.69 Å². The fourth-order valence-corrected chi connectivity index (χ4v) is 4.22. The lowest BCUT2D eigenvalue weighted by Gasteiger charge is -2.08. The number of halogens is 2. The summed E-state index contributed by atoms with van der Waals surface area (Å²) in [4.78, 5) is 17.0. The Morgan fingerprint density at radius 3 is 2.68 bits per heavy atom. The first-order chi connectivity index (χ1) is 13.3. The molecule has 0 radical (unpaired) electrons. The van der Waals surface area contributed by atoms with E-state index < -0.39 is 0 Å². The number of carbonyl (C=O) groups excluding carboxylic acids is 1. The smallest absolute Gasteiger partial charge is 0.224 e. The lowest BCUT2D eigenvalue weighted by atomic mass is 10.1. The predicted molar refractivity (Wildman–Crippen MR) is 115 cm³/mol. The van der Waals surface area contributed by atoms with Crippen molar-refractivity contribution in [2.24, 2.45) is 0 Å². The average Bonchev–Trinajstić information content (AvgIpc) is 3.21. The maximum atomic E-state index is 12.5. The lowest BCUT2D eigenvalue weighted by molar-refractivity contribution is -0.120. The standard InChI is InChI=1S/C20H22Cl2N4OS/c1-11(2)20-24-15(10-28-20)9-23-19(27)8-16-12(3)25-26(13(16)4)18-6-5-14(21)7-17(18)22/h5-7,10-11H,8-9H2,1-4H3,(H,23,27). The Morgan fingerprint density at radius 2 is 2.04 bits per heavy atom. The van der Waals surface area contributed by atoms with Crippen LogP contribution in [-0.4, -0.2) is 20.7 Å². The number of hydrogen-bond donors (Lipinski definition) is 1. The topological polar surface area (TPSA) is 59.8 Å². The maximum absolute atomic E-state index is 12.5. The number of hydrogen-bond acceptors (Lipinski definition) is 4. The molecule has 1 N–H and O–H groups in total. The van der Waals surface area contributed by atoms with Gasteiger partial charge in [-0.1, -0.05) is 37.0 Å². The van der Waals surface area contributed by atoms with Crippen molar-refractivity contribution in [2.45, 2.75) is 46.6 Å². The number of thiazole rings is 1. The van der Waals surface area contributed by atoms with Crippen LogP contribution in [0.3, 0.4) is 0 Å². The Balaban J connectivity index is 1.71. The van der Waals surface area contributed by atoms with Crippen molar-refractivity contribution < 1.29 is 4.79 Å². The summed E-state index contributed by atoms with van der Waals surface area (Å²) in [5.74, 6) is 0.331. The number of nitrogens with one attached hydrogen (secondary N) is 1. The Bertz CT molecular complexity index is 1010. The maximum Gasteiger partial charge on any atom is 0.224 e. The summed E-state index contributed by atoms with van der Waals surface area (Å²) in [5.41, 5.74) is 4.20. The van der Waals surface area contributed by atoms with Crippen LogP contribution in [0.1, 0.15) is 47.4 Å². The van der Waals surface area contributed by atoms with Gasteiger partial charge in [-0.15, -0.1) is 11.3 Å². The van der Waals surface area contributed by atoms with Crippen molar-refractivity contribution in [1.82, 2.24) is 20.1 Å². The molecule has 0 saturated heterocycles. The van der Waals surface area contributed by atoms with Gasteiger partial charge in [0.15, 0.2) is 0 Å². The van der Waals surface area contributed by atoms with Crippen LogP contribution in [0.5, 0.6) is 0 Å². The van der Waals surface area contributed by atoms with E-state index in [1.54, 1.807) is 28.2 Å². The first-order valence-corrected chi connectivity index (χ1v) is 10.6. The van der Waals surface area contributed by atoms with Crippen LogP contribution in [0, 0.1) is 13.8 Å². The van der Waals surface area contributed by atoms with Crippen LogP contribution in [0.2, 0.25) is 10.0 Å². The van der Waals surface area contributed by atoms with Crippen molar-refractivity contribution in [3.63, 3.8) is 0 Å². The molecule has 1 aromatic carbocycles. The minimum Gasteiger partial charge on any atom is -0.350 e. The van der Waals surface area contributed by atoms with Crippen molar-refractivity contribution in [2.75, 3.05) is 0 Å². The molecule has 0 fully saturated rings. The van der Waals surface area contributed by atoms with Gasteiger partial charge in [0.1, 0.15) is 0 Å². The van der Waals surface area contributed by atoms with Crippen LogP contribution in [-0.2, 0) is 17.8 Å². The number of rotatable bonds is 6. The van der Waals surface area contributed by atoms with E-state index >= 15 is 0 Å². The number of nitrogens with zero attached hydrogens (tertiary/aromatic N) is 3. The van der Waals surface area contributed by atoms with Crippen LogP contribution < -0.4 is 5.32 Å². The zero-order chi connectivity index (χ0) is 20.4. The average molecular weight is 437 g/mol. The highest BCUT2D eigenvalue weighted by Gasteiger charge is 2.17. The number of amides is 1. The molecule has 8 heteroatoms. The molecule has 0 aliphatic carbocycles. The molecule has 28 heavy (non-hydrogen) atoms. The summed E-state index contributed by atoms with van der Waals surface area (Å²) >= 11 is 13.9. The predicted octanol–water partition coefficient (Wildman–Crippen LogP) is 5.23. The Kier molecular flexibility index (Phi) is 6.43. The minimum absolute atomic E-state index is 0.0629. The van der Waals surface area contributed by atoms with E-state index in [1.807, 2.05) is 25.3 Å². The van der Waals surface area contributed by atoms with E-state index in [1.165, 1.54) is 0 Å². The quantitative estimate of drug-likeness (QED) is 0.574. The third kappa shape index (κ3) is 4.57. The first kappa shape index (κ1) is 20.8. The molecule has 148 valence electrons. The molecule has 1 amide bonds. The van der Waals surface area contributed by atoms with Crippen LogP contribution >= 0.6 is 34.5 Å². The molecule has 0 saturated carbocycles. The second-order valence-corrected chi connectivity index (χ2v) is 8.68. The van der Waals surface area contributed by atoms with Crippen LogP contribution in [0.15, 0.2) is 23.6 Å². The molecule has 2 aromatic heterocycles. The molecule has 0 aliphatic heterocycles. The Morgan fingerprint density at radius 1 is 1.29 bits per heavy atom. The van der Waals surface area contributed by atoms with Gasteiger partial charge in [-0.05, 0) is 32.0 Å². The number of aryl methyl sites for hydroxylation is 1. The molecule has 0 spiro atoms. The van der Waals surface area contributed by atoms with E-state index in [0.717, 1.165) is 33.3 Å². The molecule has 0 atom stereocenters. The molecule has 2 heterocycles.